The first kappa shape index (κ1) is 15.7. The number of hydrogen-bond acceptors (Lipinski definition) is 4. The molecule has 0 aromatic heterocycles. The second-order valence-corrected chi connectivity index (χ2v) is 6.40. The molecule has 2 rings (SSSR count). The standard InChI is InChI=1S/C15H15NO3S2/c1-3-11(14(18)19)16-13(17)12(21-15(16)20)8-10-6-4-5-9(2)7-10/h4-8,11H,3H2,1-2H3,(H,18,19)/b12-8-. The number of rotatable bonds is 4. The van der Waals surface area contributed by atoms with Crippen molar-refractivity contribution in [2.24, 2.45) is 0 Å². The smallest absolute Gasteiger partial charge is 0.326 e. The normalized spacial score (nSPS) is 18.4. The summed E-state index contributed by atoms with van der Waals surface area (Å²) < 4.78 is 0.299. The van der Waals surface area contributed by atoms with Crippen LogP contribution in [0.3, 0.4) is 0 Å². The molecule has 1 aliphatic rings. The van der Waals surface area contributed by atoms with E-state index in [1.165, 1.54) is 4.90 Å². The van der Waals surface area contributed by atoms with Crippen LogP contribution in [0.15, 0.2) is 29.2 Å². The molecule has 21 heavy (non-hydrogen) atoms. The number of thiocarbonyl (C=S) groups is 1. The SMILES string of the molecule is CCC(C(=O)O)N1C(=O)/C(=C/c2cccc(C)c2)SC1=S. The largest absolute Gasteiger partial charge is 0.480 e. The average molecular weight is 321 g/mol. The summed E-state index contributed by atoms with van der Waals surface area (Å²) in [6.45, 7) is 3.70. The van der Waals surface area contributed by atoms with E-state index in [1.807, 2.05) is 31.2 Å². The van der Waals surface area contributed by atoms with E-state index in [0.29, 0.717) is 15.6 Å². The van der Waals surface area contributed by atoms with Crippen molar-refractivity contribution >= 4 is 46.3 Å². The van der Waals surface area contributed by atoms with E-state index in [1.54, 1.807) is 13.0 Å². The second-order valence-electron chi connectivity index (χ2n) is 4.73. The van der Waals surface area contributed by atoms with Crippen LogP contribution in [0.25, 0.3) is 6.08 Å². The first-order valence-corrected chi connectivity index (χ1v) is 7.73. The van der Waals surface area contributed by atoms with Gasteiger partial charge in [0, 0.05) is 0 Å². The van der Waals surface area contributed by atoms with Gasteiger partial charge in [-0.3, -0.25) is 9.69 Å². The summed E-state index contributed by atoms with van der Waals surface area (Å²) in [5.41, 5.74) is 2.00. The zero-order valence-corrected chi connectivity index (χ0v) is 13.3. The van der Waals surface area contributed by atoms with Crippen molar-refractivity contribution in [3.63, 3.8) is 0 Å². The lowest BCUT2D eigenvalue weighted by atomic mass is 10.1. The van der Waals surface area contributed by atoms with Crippen molar-refractivity contribution in [2.75, 3.05) is 0 Å². The lowest BCUT2D eigenvalue weighted by Crippen LogP contribution is -2.43. The molecule has 1 unspecified atom stereocenters. The van der Waals surface area contributed by atoms with Crippen LogP contribution in [0.5, 0.6) is 0 Å². The molecule has 1 aromatic carbocycles. The number of aliphatic carboxylic acids is 1. The highest BCUT2D eigenvalue weighted by atomic mass is 32.2. The van der Waals surface area contributed by atoms with Crippen molar-refractivity contribution in [3.8, 4) is 0 Å². The van der Waals surface area contributed by atoms with E-state index in [2.05, 4.69) is 0 Å². The quantitative estimate of drug-likeness (QED) is 0.682. The third kappa shape index (κ3) is 3.33. The average Bonchev–Trinajstić information content (AvgIpc) is 2.67. The number of nitrogens with zero attached hydrogens (tertiary/aromatic N) is 1. The first-order chi connectivity index (χ1) is 9.93. The third-order valence-corrected chi connectivity index (χ3v) is 4.48. The van der Waals surface area contributed by atoms with Crippen molar-refractivity contribution in [1.29, 1.82) is 0 Å². The van der Waals surface area contributed by atoms with Gasteiger partial charge in [0.15, 0.2) is 0 Å². The highest BCUT2D eigenvalue weighted by Crippen LogP contribution is 2.34. The van der Waals surface area contributed by atoms with Gasteiger partial charge >= 0.3 is 5.97 Å². The van der Waals surface area contributed by atoms with Gasteiger partial charge < -0.3 is 5.11 Å². The molecule has 1 aromatic rings. The predicted molar refractivity (Wildman–Crippen MR) is 87.9 cm³/mol. The fraction of sp³-hybridized carbons (Fsp3) is 0.267. The van der Waals surface area contributed by atoms with Gasteiger partial charge in [0.1, 0.15) is 10.4 Å². The van der Waals surface area contributed by atoms with Crippen LogP contribution in [-0.4, -0.2) is 32.2 Å². The number of aryl methyl sites for hydroxylation is 1. The van der Waals surface area contributed by atoms with E-state index in [9.17, 15) is 14.7 Å². The van der Waals surface area contributed by atoms with Crippen molar-refractivity contribution in [3.05, 3.63) is 40.3 Å². The molecule has 1 atom stereocenters. The Bertz CT molecular complexity index is 640. The van der Waals surface area contributed by atoms with Gasteiger partial charge in [0.2, 0.25) is 0 Å². The van der Waals surface area contributed by atoms with Crippen LogP contribution in [0.4, 0.5) is 0 Å². The fourth-order valence-corrected chi connectivity index (χ4v) is 3.48. The van der Waals surface area contributed by atoms with Crippen LogP contribution >= 0.6 is 24.0 Å². The number of carbonyl (C=O) groups excluding carboxylic acids is 1. The molecule has 1 amide bonds. The number of carboxylic acid groups (broad SMARTS) is 1. The van der Waals surface area contributed by atoms with Crippen LogP contribution < -0.4 is 0 Å². The highest BCUT2D eigenvalue weighted by molar-refractivity contribution is 8.26. The maximum Gasteiger partial charge on any atom is 0.326 e. The topological polar surface area (TPSA) is 57.6 Å². The van der Waals surface area contributed by atoms with E-state index in [-0.39, 0.29) is 5.91 Å². The molecule has 0 bridgehead atoms. The van der Waals surface area contributed by atoms with Crippen molar-refractivity contribution < 1.29 is 14.7 Å². The maximum absolute atomic E-state index is 12.4. The first-order valence-electron chi connectivity index (χ1n) is 6.50. The molecule has 110 valence electrons. The Morgan fingerprint density at radius 2 is 2.24 bits per heavy atom. The fourth-order valence-electron chi connectivity index (χ4n) is 2.13. The summed E-state index contributed by atoms with van der Waals surface area (Å²) in [6.07, 6.45) is 2.07. The molecule has 1 aliphatic heterocycles. The molecule has 1 saturated heterocycles. The Balaban J connectivity index is 2.31. The Kier molecular flexibility index (Phi) is 4.80. The van der Waals surface area contributed by atoms with E-state index in [4.69, 9.17) is 12.2 Å². The van der Waals surface area contributed by atoms with Crippen molar-refractivity contribution in [2.45, 2.75) is 26.3 Å². The summed E-state index contributed by atoms with van der Waals surface area (Å²) in [6, 6.07) is 6.84. The molecule has 0 aliphatic carbocycles. The minimum Gasteiger partial charge on any atom is -0.480 e. The van der Waals surface area contributed by atoms with Crippen LogP contribution in [0.2, 0.25) is 0 Å². The molecule has 1 N–H and O–H groups in total. The highest BCUT2D eigenvalue weighted by Gasteiger charge is 2.39. The third-order valence-electron chi connectivity index (χ3n) is 3.15. The van der Waals surface area contributed by atoms with Gasteiger partial charge in [0.25, 0.3) is 5.91 Å². The van der Waals surface area contributed by atoms with Gasteiger partial charge in [0.05, 0.1) is 4.91 Å². The number of amides is 1. The second kappa shape index (κ2) is 6.41. The molecule has 1 fully saturated rings. The molecule has 1 heterocycles. The zero-order valence-electron chi connectivity index (χ0n) is 11.7. The minimum atomic E-state index is -1.04. The van der Waals surface area contributed by atoms with Gasteiger partial charge in [-0.1, -0.05) is 60.7 Å². The Hall–Kier alpha value is -1.66. The van der Waals surface area contributed by atoms with Crippen LogP contribution in [0.1, 0.15) is 24.5 Å². The molecule has 0 spiro atoms. The summed E-state index contributed by atoms with van der Waals surface area (Å²) in [5.74, 6) is -1.37. The zero-order chi connectivity index (χ0) is 15.6. The van der Waals surface area contributed by atoms with E-state index in [0.717, 1.165) is 22.9 Å². The lowest BCUT2D eigenvalue weighted by molar-refractivity contribution is -0.145. The van der Waals surface area contributed by atoms with Crippen LogP contribution in [-0.2, 0) is 9.59 Å². The Morgan fingerprint density at radius 1 is 1.52 bits per heavy atom. The number of carboxylic acids is 1. The van der Waals surface area contributed by atoms with Crippen LogP contribution in [0, 0.1) is 6.92 Å². The van der Waals surface area contributed by atoms with Gasteiger partial charge in [-0.15, -0.1) is 0 Å². The Labute approximate surface area is 132 Å². The van der Waals surface area contributed by atoms with E-state index < -0.39 is 12.0 Å². The molecule has 0 saturated carbocycles. The summed E-state index contributed by atoms with van der Waals surface area (Å²) >= 11 is 6.31. The monoisotopic (exact) mass is 321 g/mol. The van der Waals surface area contributed by atoms with Crippen molar-refractivity contribution in [1.82, 2.24) is 4.90 Å². The van der Waals surface area contributed by atoms with Gasteiger partial charge in [-0.2, -0.15) is 0 Å². The molecule has 0 radical (unpaired) electrons. The Morgan fingerprint density at radius 3 is 2.81 bits per heavy atom. The van der Waals surface area contributed by atoms with Gasteiger partial charge in [-0.05, 0) is 25.0 Å². The molecular weight excluding hydrogens is 306 g/mol. The summed E-state index contributed by atoms with van der Waals surface area (Å²) in [7, 11) is 0. The molecule has 6 heteroatoms. The maximum atomic E-state index is 12.4. The predicted octanol–water partition coefficient (Wildman–Crippen LogP) is 3.06. The summed E-state index contributed by atoms with van der Waals surface area (Å²) in [5, 5.41) is 9.20. The van der Waals surface area contributed by atoms with Gasteiger partial charge in [-0.25, -0.2) is 4.79 Å². The molecule has 4 nitrogen and oxygen atoms in total. The van der Waals surface area contributed by atoms with E-state index >= 15 is 0 Å². The molecular formula is C15H15NO3S2. The summed E-state index contributed by atoms with van der Waals surface area (Å²) in [4.78, 5) is 25.3. The lowest BCUT2D eigenvalue weighted by Gasteiger charge is -2.21. The number of carbonyl (C=O) groups is 2. The number of thioether (sulfide) groups is 1. The number of hydrogen-bond donors (Lipinski definition) is 1. The minimum absolute atomic E-state index is 0.299. The number of benzene rings is 1.